The molecular weight excluding hydrogens is 240 g/mol. The van der Waals surface area contributed by atoms with Crippen molar-refractivity contribution in [1.29, 1.82) is 0 Å². The van der Waals surface area contributed by atoms with Crippen molar-refractivity contribution in [2.24, 2.45) is 5.41 Å². The van der Waals surface area contributed by atoms with Gasteiger partial charge in [0.15, 0.2) is 9.84 Å². The molecule has 1 fully saturated rings. The van der Waals surface area contributed by atoms with Crippen LogP contribution in [0.1, 0.15) is 26.7 Å². The first-order valence-electron chi connectivity index (χ1n) is 6.15. The van der Waals surface area contributed by atoms with E-state index in [9.17, 15) is 13.2 Å². The Hall–Kier alpha value is -0.620. The largest absolute Gasteiger partial charge is 0.355 e. The van der Waals surface area contributed by atoms with E-state index in [1.54, 1.807) is 6.92 Å². The lowest BCUT2D eigenvalue weighted by atomic mass is 9.83. The Labute approximate surface area is 103 Å². The first-order chi connectivity index (χ1) is 7.96. The van der Waals surface area contributed by atoms with Gasteiger partial charge >= 0.3 is 0 Å². The maximum Gasteiger partial charge on any atom is 0.227 e. The summed E-state index contributed by atoms with van der Waals surface area (Å²) in [5, 5.41) is 5.93. The van der Waals surface area contributed by atoms with E-state index in [1.165, 1.54) is 0 Å². The van der Waals surface area contributed by atoms with Crippen molar-refractivity contribution in [3.63, 3.8) is 0 Å². The van der Waals surface area contributed by atoms with Gasteiger partial charge in [-0.05, 0) is 19.4 Å². The topological polar surface area (TPSA) is 75.3 Å². The van der Waals surface area contributed by atoms with Crippen LogP contribution >= 0.6 is 0 Å². The second-order valence-electron chi connectivity index (χ2n) is 4.55. The molecule has 1 unspecified atom stereocenters. The van der Waals surface area contributed by atoms with Gasteiger partial charge in [-0.15, -0.1) is 0 Å². The van der Waals surface area contributed by atoms with Gasteiger partial charge in [0, 0.05) is 18.8 Å². The third-order valence-corrected chi connectivity index (χ3v) is 5.25. The molecule has 1 aliphatic rings. The van der Waals surface area contributed by atoms with Crippen LogP contribution in [0, 0.1) is 5.41 Å². The van der Waals surface area contributed by atoms with Gasteiger partial charge < -0.3 is 10.6 Å². The Balaban J connectivity index is 2.44. The Bertz CT molecular complexity index is 359. The fraction of sp³-hybridized carbons (Fsp3) is 0.909. The van der Waals surface area contributed by atoms with Gasteiger partial charge in [0.2, 0.25) is 5.91 Å². The number of amides is 1. The van der Waals surface area contributed by atoms with Crippen molar-refractivity contribution in [3.8, 4) is 0 Å². The van der Waals surface area contributed by atoms with E-state index in [1.807, 2.05) is 6.92 Å². The molecule has 0 radical (unpaired) electrons. The minimum Gasteiger partial charge on any atom is -0.355 e. The van der Waals surface area contributed by atoms with Crippen LogP contribution in [0.2, 0.25) is 0 Å². The average Bonchev–Trinajstić information content (AvgIpc) is 2.78. The predicted octanol–water partition coefficient (Wildman–Crippen LogP) is -0.0730. The Morgan fingerprint density at radius 1 is 1.41 bits per heavy atom. The summed E-state index contributed by atoms with van der Waals surface area (Å²) < 4.78 is 22.6. The molecule has 17 heavy (non-hydrogen) atoms. The van der Waals surface area contributed by atoms with Crippen LogP contribution in [0.5, 0.6) is 0 Å². The van der Waals surface area contributed by atoms with Crippen molar-refractivity contribution in [2.45, 2.75) is 26.7 Å². The molecule has 6 heteroatoms. The zero-order valence-corrected chi connectivity index (χ0v) is 11.4. The smallest absolute Gasteiger partial charge is 0.227 e. The van der Waals surface area contributed by atoms with E-state index in [0.717, 1.165) is 19.4 Å². The first-order valence-corrected chi connectivity index (χ1v) is 7.97. The highest BCUT2D eigenvalue weighted by molar-refractivity contribution is 7.91. The van der Waals surface area contributed by atoms with Gasteiger partial charge in [0.25, 0.3) is 0 Å². The first kappa shape index (κ1) is 14.4. The summed E-state index contributed by atoms with van der Waals surface area (Å²) in [4.78, 5) is 12.0. The fourth-order valence-corrected chi connectivity index (χ4v) is 2.75. The highest BCUT2D eigenvalue weighted by atomic mass is 32.2. The number of carbonyl (C=O) groups is 1. The Morgan fingerprint density at radius 3 is 2.59 bits per heavy atom. The van der Waals surface area contributed by atoms with Crippen molar-refractivity contribution < 1.29 is 13.2 Å². The van der Waals surface area contributed by atoms with Crippen molar-refractivity contribution in [3.05, 3.63) is 0 Å². The highest BCUT2D eigenvalue weighted by Gasteiger charge is 2.39. The van der Waals surface area contributed by atoms with Crippen molar-refractivity contribution >= 4 is 15.7 Å². The average molecular weight is 262 g/mol. The van der Waals surface area contributed by atoms with Crippen molar-refractivity contribution in [1.82, 2.24) is 10.6 Å². The molecule has 100 valence electrons. The van der Waals surface area contributed by atoms with E-state index in [-0.39, 0.29) is 29.4 Å². The third kappa shape index (κ3) is 3.67. The molecule has 1 aliphatic heterocycles. The molecule has 1 rings (SSSR count). The Kier molecular flexibility index (Phi) is 4.94. The summed E-state index contributed by atoms with van der Waals surface area (Å²) in [6.07, 6.45) is 1.61. The number of nitrogens with one attached hydrogen (secondary N) is 2. The van der Waals surface area contributed by atoms with Crippen LogP contribution in [-0.2, 0) is 14.6 Å². The fourth-order valence-electron chi connectivity index (χ4n) is 2.05. The molecule has 0 bridgehead atoms. The van der Waals surface area contributed by atoms with E-state index >= 15 is 0 Å². The van der Waals surface area contributed by atoms with E-state index in [0.29, 0.717) is 6.54 Å². The summed E-state index contributed by atoms with van der Waals surface area (Å²) >= 11 is 0. The summed E-state index contributed by atoms with van der Waals surface area (Å²) in [7, 11) is -3.00. The molecule has 1 saturated heterocycles. The molecule has 0 aromatic heterocycles. The molecule has 1 amide bonds. The van der Waals surface area contributed by atoms with Gasteiger partial charge in [0.05, 0.1) is 11.2 Å². The van der Waals surface area contributed by atoms with Gasteiger partial charge in [-0.25, -0.2) is 8.42 Å². The van der Waals surface area contributed by atoms with E-state index < -0.39 is 9.84 Å². The summed E-state index contributed by atoms with van der Waals surface area (Å²) in [6.45, 7) is 5.38. The lowest BCUT2D eigenvalue weighted by Crippen LogP contribution is -2.43. The zero-order chi connectivity index (χ0) is 12.9. The van der Waals surface area contributed by atoms with E-state index in [4.69, 9.17) is 0 Å². The van der Waals surface area contributed by atoms with Crippen LogP contribution in [0.15, 0.2) is 0 Å². The van der Waals surface area contributed by atoms with E-state index in [2.05, 4.69) is 10.6 Å². The summed E-state index contributed by atoms with van der Waals surface area (Å²) in [6, 6.07) is 0. The number of carbonyl (C=O) groups excluding carboxylic acids is 1. The normalized spacial score (nSPS) is 24.8. The number of hydrogen-bond donors (Lipinski definition) is 2. The second-order valence-corrected chi connectivity index (χ2v) is 7.03. The van der Waals surface area contributed by atoms with Crippen LogP contribution in [0.4, 0.5) is 0 Å². The second kappa shape index (κ2) is 5.82. The van der Waals surface area contributed by atoms with Gasteiger partial charge in [-0.3, -0.25) is 4.79 Å². The van der Waals surface area contributed by atoms with Gasteiger partial charge in [-0.1, -0.05) is 13.8 Å². The van der Waals surface area contributed by atoms with Crippen LogP contribution in [0.25, 0.3) is 0 Å². The van der Waals surface area contributed by atoms with Gasteiger partial charge in [0.1, 0.15) is 0 Å². The molecule has 1 atom stereocenters. The monoisotopic (exact) mass is 262 g/mol. The van der Waals surface area contributed by atoms with Crippen LogP contribution < -0.4 is 10.6 Å². The number of hydrogen-bond acceptors (Lipinski definition) is 4. The molecule has 1 heterocycles. The number of rotatable bonds is 6. The minimum absolute atomic E-state index is 0.0173. The molecular formula is C11H22N2O3S. The minimum atomic E-state index is -3.00. The summed E-state index contributed by atoms with van der Waals surface area (Å²) in [5.74, 6) is 0.141. The van der Waals surface area contributed by atoms with Crippen molar-refractivity contribution in [2.75, 3.05) is 31.1 Å². The molecule has 0 spiro atoms. The highest BCUT2D eigenvalue weighted by Crippen LogP contribution is 2.29. The molecule has 5 nitrogen and oxygen atoms in total. The standard InChI is InChI=1S/C11H22N2O3S/c1-3-11(5-6-12-9-11)10(14)13-7-8-17(15,16)4-2/h12H,3-9H2,1-2H3,(H,13,14). The quantitative estimate of drug-likeness (QED) is 0.702. The molecule has 0 saturated carbocycles. The lowest BCUT2D eigenvalue weighted by Gasteiger charge is -2.25. The maximum absolute atomic E-state index is 12.0. The zero-order valence-electron chi connectivity index (χ0n) is 10.6. The van der Waals surface area contributed by atoms with Crippen LogP contribution in [0.3, 0.4) is 0 Å². The lowest BCUT2D eigenvalue weighted by molar-refractivity contribution is -0.130. The maximum atomic E-state index is 12.0. The molecule has 0 aromatic rings. The molecule has 2 N–H and O–H groups in total. The van der Waals surface area contributed by atoms with Gasteiger partial charge in [-0.2, -0.15) is 0 Å². The van der Waals surface area contributed by atoms with Crippen LogP contribution in [-0.4, -0.2) is 45.5 Å². The SMILES string of the molecule is CCC1(C(=O)NCCS(=O)(=O)CC)CCNC1. The third-order valence-electron chi connectivity index (χ3n) is 3.54. The summed E-state index contributed by atoms with van der Waals surface area (Å²) in [5.41, 5.74) is -0.337. The predicted molar refractivity (Wildman–Crippen MR) is 67.5 cm³/mol. The molecule has 0 aliphatic carbocycles. The number of sulfone groups is 1. The molecule has 0 aromatic carbocycles. The Morgan fingerprint density at radius 2 is 2.12 bits per heavy atom.